The Morgan fingerprint density at radius 3 is 2.79 bits per heavy atom. The third kappa shape index (κ3) is 2.86. The molecule has 3 heterocycles. The van der Waals surface area contributed by atoms with E-state index < -0.39 is 0 Å². The monoisotopic (exact) mass is 395 g/mol. The number of aromatic nitrogens is 5. The number of aryl methyl sites for hydroxylation is 1. The summed E-state index contributed by atoms with van der Waals surface area (Å²) in [5.74, 6) is 3.26. The molecule has 28 heavy (non-hydrogen) atoms. The highest BCUT2D eigenvalue weighted by atomic mass is 35.5. The van der Waals surface area contributed by atoms with Gasteiger partial charge in [-0.15, -0.1) is 10.2 Å². The molecule has 0 fully saturated rings. The van der Waals surface area contributed by atoms with Gasteiger partial charge >= 0.3 is 0 Å². The van der Waals surface area contributed by atoms with Crippen LogP contribution >= 0.6 is 11.6 Å². The van der Waals surface area contributed by atoms with Crippen LogP contribution in [0.1, 0.15) is 53.8 Å². The predicted molar refractivity (Wildman–Crippen MR) is 107 cm³/mol. The zero-order valence-corrected chi connectivity index (χ0v) is 16.5. The molecule has 5 rings (SSSR count). The molecular weight excluding hydrogens is 374 g/mol. The van der Waals surface area contributed by atoms with Gasteiger partial charge < -0.3 is 15.2 Å². The molecule has 7 nitrogen and oxygen atoms in total. The molecule has 1 unspecified atom stereocenters. The average Bonchev–Trinajstić information content (AvgIpc) is 3.31. The van der Waals surface area contributed by atoms with Crippen LogP contribution in [0.2, 0.25) is 5.02 Å². The number of benzene rings is 1. The Morgan fingerprint density at radius 2 is 1.96 bits per heavy atom. The largest absolute Gasteiger partial charge is 0.347 e. The molecule has 1 aliphatic heterocycles. The Bertz CT molecular complexity index is 1010. The van der Waals surface area contributed by atoms with Crippen LogP contribution in [-0.4, -0.2) is 31.3 Å². The van der Waals surface area contributed by atoms with E-state index in [-0.39, 0.29) is 6.04 Å². The molecule has 0 bridgehead atoms. The lowest BCUT2D eigenvalue weighted by atomic mass is 10.1. The zero-order chi connectivity index (χ0) is 19.3. The fourth-order valence-electron chi connectivity index (χ4n) is 4.29. The van der Waals surface area contributed by atoms with Crippen molar-refractivity contribution in [1.29, 1.82) is 0 Å². The number of fused-ring (bicyclic) bond motifs is 2. The van der Waals surface area contributed by atoms with E-state index in [4.69, 9.17) is 17.3 Å². The highest BCUT2D eigenvalue weighted by Gasteiger charge is 2.30. The minimum absolute atomic E-state index is 0.326. The molecule has 2 aromatic heterocycles. The molecule has 0 radical (unpaired) electrons. The van der Waals surface area contributed by atoms with Crippen LogP contribution in [-0.2, 0) is 19.5 Å². The quantitative estimate of drug-likeness (QED) is 0.733. The van der Waals surface area contributed by atoms with Crippen molar-refractivity contribution in [1.82, 2.24) is 24.7 Å². The highest BCUT2D eigenvalue weighted by molar-refractivity contribution is 6.30. The van der Waals surface area contributed by atoms with E-state index in [2.05, 4.69) is 36.6 Å². The molecule has 2 atom stereocenters. The van der Waals surface area contributed by atoms with Crippen LogP contribution in [0, 0.1) is 0 Å². The first-order valence-corrected chi connectivity index (χ1v) is 10.0. The summed E-state index contributed by atoms with van der Waals surface area (Å²) in [5, 5.41) is 9.53. The van der Waals surface area contributed by atoms with Gasteiger partial charge in [0.1, 0.15) is 12.1 Å². The minimum Gasteiger partial charge on any atom is -0.347 e. The van der Waals surface area contributed by atoms with Crippen LogP contribution in [0.25, 0.3) is 0 Å². The van der Waals surface area contributed by atoms with Gasteiger partial charge in [0.2, 0.25) is 0 Å². The van der Waals surface area contributed by atoms with Crippen molar-refractivity contribution in [2.45, 2.75) is 44.8 Å². The van der Waals surface area contributed by atoms with Gasteiger partial charge in [-0.3, -0.25) is 0 Å². The Kier molecular flexibility index (Phi) is 4.29. The maximum atomic E-state index is 6.47. The van der Waals surface area contributed by atoms with E-state index in [1.807, 2.05) is 24.3 Å². The summed E-state index contributed by atoms with van der Waals surface area (Å²) >= 11 is 5.99. The molecule has 8 heteroatoms. The summed E-state index contributed by atoms with van der Waals surface area (Å²) < 4.78 is 2.14. The number of rotatable bonds is 3. The third-order valence-electron chi connectivity index (χ3n) is 5.84. The minimum atomic E-state index is -0.326. The summed E-state index contributed by atoms with van der Waals surface area (Å²) in [7, 11) is 0. The normalized spacial score (nSPS) is 19.4. The molecule has 0 spiro atoms. The first kappa shape index (κ1) is 17.6. The molecule has 2 N–H and O–H groups in total. The molecule has 1 aliphatic carbocycles. The standard InChI is InChI=1S/C20H22ClN7/c1-12-2-7-15-17(12)19(24-11-23-15)27-8-9-28-16(10-27)25-26-20(28)18(22)13-3-5-14(21)6-4-13/h3-6,11-12,18H,2,7-10,22H2,1H3/t12-,18?/m1/s1. The van der Waals surface area contributed by atoms with Gasteiger partial charge in [0.25, 0.3) is 0 Å². The van der Waals surface area contributed by atoms with Gasteiger partial charge in [-0.1, -0.05) is 30.7 Å². The number of nitrogens with zero attached hydrogens (tertiary/aromatic N) is 6. The molecule has 0 saturated heterocycles. The molecule has 2 aliphatic rings. The van der Waals surface area contributed by atoms with Gasteiger partial charge in [0.05, 0.1) is 12.6 Å². The maximum absolute atomic E-state index is 6.47. The summed E-state index contributed by atoms with van der Waals surface area (Å²) in [4.78, 5) is 11.4. The lowest BCUT2D eigenvalue weighted by Crippen LogP contribution is -2.36. The van der Waals surface area contributed by atoms with Crippen LogP contribution in [0.3, 0.4) is 0 Å². The second-order valence-electron chi connectivity index (χ2n) is 7.57. The lowest BCUT2D eigenvalue weighted by molar-refractivity contribution is 0.528. The predicted octanol–water partition coefficient (Wildman–Crippen LogP) is 2.84. The zero-order valence-electron chi connectivity index (χ0n) is 15.7. The summed E-state index contributed by atoms with van der Waals surface area (Å²) in [6, 6.07) is 7.25. The second-order valence-corrected chi connectivity index (χ2v) is 8.01. The van der Waals surface area contributed by atoms with Gasteiger partial charge in [-0.2, -0.15) is 0 Å². The molecule has 0 saturated carbocycles. The molecule has 144 valence electrons. The highest BCUT2D eigenvalue weighted by Crippen LogP contribution is 2.38. The van der Waals surface area contributed by atoms with Gasteiger partial charge in [-0.25, -0.2) is 9.97 Å². The van der Waals surface area contributed by atoms with Gasteiger partial charge in [0.15, 0.2) is 11.6 Å². The number of anilines is 1. The Morgan fingerprint density at radius 1 is 1.14 bits per heavy atom. The van der Waals surface area contributed by atoms with E-state index in [0.717, 1.165) is 49.0 Å². The third-order valence-corrected chi connectivity index (χ3v) is 6.09. The lowest BCUT2D eigenvalue weighted by Gasteiger charge is -2.31. The Labute approximate surface area is 168 Å². The van der Waals surface area contributed by atoms with Crippen molar-refractivity contribution >= 4 is 17.4 Å². The first-order valence-electron chi connectivity index (χ1n) is 9.63. The second kappa shape index (κ2) is 6.83. The van der Waals surface area contributed by atoms with Gasteiger partial charge in [-0.05, 0) is 36.5 Å². The van der Waals surface area contributed by atoms with Crippen molar-refractivity contribution in [3.8, 4) is 0 Å². The maximum Gasteiger partial charge on any atom is 0.154 e. The van der Waals surface area contributed by atoms with Crippen molar-refractivity contribution in [2.75, 3.05) is 11.4 Å². The first-order chi connectivity index (χ1) is 13.6. The fraction of sp³-hybridized carbons (Fsp3) is 0.400. The molecule has 0 amide bonds. The van der Waals surface area contributed by atoms with Crippen molar-refractivity contribution < 1.29 is 0 Å². The van der Waals surface area contributed by atoms with Crippen molar-refractivity contribution in [2.24, 2.45) is 5.73 Å². The van der Waals surface area contributed by atoms with E-state index in [1.54, 1.807) is 6.33 Å². The molecular formula is C20H22ClN7. The fourth-order valence-corrected chi connectivity index (χ4v) is 4.41. The number of halogens is 1. The SMILES string of the molecule is C[C@@H]1CCc2ncnc(N3CCn4c(nnc4C(N)c4ccc(Cl)cc4)C3)c21. The number of hydrogen-bond donors (Lipinski definition) is 1. The number of hydrogen-bond acceptors (Lipinski definition) is 6. The molecule has 3 aromatic rings. The molecule has 1 aromatic carbocycles. The average molecular weight is 396 g/mol. The Hall–Kier alpha value is -2.51. The van der Waals surface area contributed by atoms with Crippen LogP contribution in [0.5, 0.6) is 0 Å². The van der Waals surface area contributed by atoms with E-state index in [9.17, 15) is 0 Å². The van der Waals surface area contributed by atoms with E-state index in [0.29, 0.717) is 17.5 Å². The summed E-state index contributed by atoms with van der Waals surface area (Å²) in [6.07, 6.45) is 3.87. The van der Waals surface area contributed by atoms with Crippen molar-refractivity contribution in [3.05, 3.63) is 64.1 Å². The van der Waals surface area contributed by atoms with Crippen LogP contribution < -0.4 is 10.6 Å². The summed E-state index contributed by atoms with van der Waals surface area (Å²) in [6.45, 7) is 4.57. The smallest absolute Gasteiger partial charge is 0.154 e. The Balaban J connectivity index is 1.43. The van der Waals surface area contributed by atoms with Crippen LogP contribution in [0.4, 0.5) is 5.82 Å². The van der Waals surface area contributed by atoms with E-state index >= 15 is 0 Å². The van der Waals surface area contributed by atoms with Crippen molar-refractivity contribution in [3.63, 3.8) is 0 Å². The van der Waals surface area contributed by atoms with Gasteiger partial charge in [0, 0.05) is 29.4 Å². The number of nitrogens with two attached hydrogens (primary N) is 1. The topological polar surface area (TPSA) is 85.8 Å². The summed E-state index contributed by atoms with van der Waals surface area (Å²) in [5.41, 5.74) is 9.94. The van der Waals surface area contributed by atoms with E-state index in [1.165, 1.54) is 11.3 Å². The van der Waals surface area contributed by atoms with Crippen LogP contribution in [0.15, 0.2) is 30.6 Å².